The van der Waals surface area contributed by atoms with Gasteiger partial charge in [-0.25, -0.2) is 0 Å². The maximum atomic E-state index is 9.16. The van der Waals surface area contributed by atoms with Gasteiger partial charge in [0.2, 0.25) is 0 Å². The Balaban J connectivity index is 2.65. The van der Waals surface area contributed by atoms with E-state index >= 15 is 0 Å². The van der Waals surface area contributed by atoms with Crippen LogP contribution in [0.1, 0.15) is 0 Å². The van der Waals surface area contributed by atoms with Gasteiger partial charge in [-0.3, -0.25) is 0 Å². The number of azide groups is 1. The maximum Gasteiger partial charge on any atom is 0.566 e. The second-order valence-corrected chi connectivity index (χ2v) is 2.04. The van der Waals surface area contributed by atoms with Gasteiger partial charge < -0.3 is 9.78 Å². The number of hydrogen-bond donors (Lipinski definition) is 1. The van der Waals surface area contributed by atoms with Gasteiger partial charge in [0, 0.05) is 4.91 Å². The van der Waals surface area contributed by atoms with Crippen molar-refractivity contribution in [3.8, 4) is 0 Å². The Morgan fingerprint density at radius 1 is 1.42 bits per heavy atom. The summed E-state index contributed by atoms with van der Waals surface area (Å²) in [6.07, 6.45) is 0. The van der Waals surface area contributed by atoms with Crippen molar-refractivity contribution in [3.05, 3.63) is 40.8 Å². The highest BCUT2D eigenvalue weighted by atomic mass is 16.7. The smallest absolute Gasteiger partial charge is 0.471 e. The molecule has 1 aromatic carbocycles. The Morgan fingerprint density at radius 2 is 2.08 bits per heavy atom. The predicted molar refractivity (Wildman–Crippen MR) is 44.3 cm³/mol. The van der Waals surface area contributed by atoms with Gasteiger partial charge in [0.25, 0.3) is 0 Å². The van der Waals surface area contributed by atoms with Crippen molar-refractivity contribution in [2.24, 2.45) is 5.28 Å². The fourth-order valence-corrected chi connectivity index (χ4v) is 0.744. The third-order valence-corrected chi connectivity index (χ3v) is 1.27. The van der Waals surface area contributed by atoms with E-state index in [1.54, 1.807) is 24.3 Å². The van der Waals surface area contributed by atoms with Gasteiger partial charge in [-0.1, -0.05) is 30.3 Å². The van der Waals surface area contributed by atoms with Crippen LogP contribution >= 0.6 is 0 Å². The van der Waals surface area contributed by atoms with Gasteiger partial charge in [0.05, 0.1) is 5.28 Å². The molecule has 1 rings (SSSR count). The molecule has 0 aliphatic heterocycles. The molecule has 0 saturated heterocycles. The monoisotopic (exact) mass is 163 g/mol. The van der Waals surface area contributed by atoms with Gasteiger partial charge >= 0.3 is 7.12 Å². The van der Waals surface area contributed by atoms with Gasteiger partial charge in [0.15, 0.2) is 0 Å². The van der Waals surface area contributed by atoms with E-state index in [0.29, 0.717) is 5.46 Å². The van der Waals surface area contributed by atoms with Crippen molar-refractivity contribution in [1.29, 1.82) is 0 Å². The zero-order valence-electron chi connectivity index (χ0n) is 6.16. The van der Waals surface area contributed by atoms with Crippen LogP contribution in [0.2, 0.25) is 0 Å². The molecule has 0 fully saturated rings. The van der Waals surface area contributed by atoms with Gasteiger partial charge in [-0.05, 0) is 11.0 Å². The Bertz CT molecular complexity index is 286. The van der Waals surface area contributed by atoms with E-state index in [2.05, 4.69) is 14.9 Å². The molecule has 0 saturated carbocycles. The summed E-state index contributed by atoms with van der Waals surface area (Å²) in [6, 6.07) is 8.63. The summed E-state index contributed by atoms with van der Waals surface area (Å²) in [6.45, 7) is 0. The van der Waals surface area contributed by atoms with Crippen LogP contribution in [0, 0.1) is 0 Å². The summed E-state index contributed by atoms with van der Waals surface area (Å²) < 4.78 is 4.34. The molecule has 0 amide bonds. The quantitative estimate of drug-likeness (QED) is 0.233. The molecule has 1 N–H and O–H groups in total. The van der Waals surface area contributed by atoms with Crippen LogP contribution < -0.4 is 5.46 Å². The summed E-state index contributed by atoms with van der Waals surface area (Å²) >= 11 is 0. The molecule has 0 heterocycles. The molecule has 5 nitrogen and oxygen atoms in total. The first-order valence-electron chi connectivity index (χ1n) is 3.28. The Morgan fingerprint density at radius 3 is 2.67 bits per heavy atom. The molecule has 0 bridgehead atoms. The van der Waals surface area contributed by atoms with Gasteiger partial charge in [0.1, 0.15) is 0 Å². The first kappa shape index (κ1) is 8.45. The number of nitrogens with zero attached hydrogens (tertiary/aromatic N) is 3. The molecule has 6 heteroatoms. The minimum absolute atomic E-state index is 0.546. The third-order valence-electron chi connectivity index (χ3n) is 1.27. The molecule has 0 radical (unpaired) electrons. The summed E-state index contributed by atoms with van der Waals surface area (Å²) in [5.74, 6) is 0. The van der Waals surface area contributed by atoms with Crippen molar-refractivity contribution in [3.63, 3.8) is 0 Å². The average molecular weight is 163 g/mol. The molecule has 60 valence electrons. The first-order valence-corrected chi connectivity index (χ1v) is 3.28. The minimum atomic E-state index is -1.19. The van der Waals surface area contributed by atoms with Crippen LogP contribution in [0.3, 0.4) is 0 Å². The van der Waals surface area contributed by atoms with Crippen molar-refractivity contribution in [2.45, 2.75) is 0 Å². The van der Waals surface area contributed by atoms with Crippen molar-refractivity contribution in [1.82, 2.24) is 0 Å². The lowest BCUT2D eigenvalue weighted by Gasteiger charge is -2.01. The standard InChI is InChI=1S/C6H6BN3O2/c8-9-10-12-7(11)6-4-2-1-3-5-6/h1-5,11H. The van der Waals surface area contributed by atoms with E-state index in [-0.39, 0.29) is 0 Å². The fourth-order valence-electron chi connectivity index (χ4n) is 0.744. The maximum absolute atomic E-state index is 9.16. The van der Waals surface area contributed by atoms with Crippen LogP contribution in [0.4, 0.5) is 0 Å². The van der Waals surface area contributed by atoms with E-state index in [0.717, 1.165) is 0 Å². The van der Waals surface area contributed by atoms with E-state index in [1.165, 1.54) is 0 Å². The van der Waals surface area contributed by atoms with Crippen LogP contribution in [-0.4, -0.2) is 12.1 Å². The van der Waals surface area contributed by atoms with Gasteiger partial charge in [-0.2, -0.15) is 0 Å². The van der Waals surface area contributed by atoms with E-state index in [4.69, 9.17) is 10.6 Å². The number of rotatable bonds is 3. The topological polar surface area (TPSA) is 78.2 Å². The van der Waals surface area contributed by atoms with E-state index in [9.17, 15) is 0 Å². The van der Waals surface area contributed by atoms with E-state index in [1.807, 2.05) is 6.07 Å². The summed E-state index contributed by atoms with van der Waals surface area (Å²) in [5.41, 5.74) is 8.43. The molecule has 0 unspecified atom stereocenters. The molecular formula is C6H6BN3O2. The Labute approximate surface area is 69.3 Å². The highest BCUT2D eigenvalue weighted by Gasteiger charge is 2.15. The van der Waals surface area contributed by atoms with Crippen LogP contribution in [0.15, 0.2) is 35.6 Å². The Kier molecular flexibility index (Phi) is 3.01. The lowest BCUT2D eigenvalue weighted by atomic mass is 9.80. The number of hydrogen-bond acceptors (Lipinski definition) is 3. The predicted octanol–water partition coefficient (Wildman–Crippen LogP) is 0.616. The van der Waals surface area contributed by atoms with Crippen LogP contribution in [-0.2, 0) is 4.76 Å². The normalized spacial score (nSPS) is 8.42. The summed E-state index contributed by atoms with van der Waals surface area (Å²) in [7, 11) is -1.19. The molecule has 1 aromatic rings. The average Bonchev–Trinajstić information content (AvgIpc) is 2.15. The van der Waals surface area contributed by atoms with Crippen LogP contribution in [0.25, 0.3) is 10.4 Å². The van der Waals surface area contributed by atoms with E-state index < -0.39 is 7.12 Å². The molecule has 12 heavy (non-hydrogen) atoms. The van der Waals surface area contributed by atoms with Crippen molar-refractivity contribution < 1.29 is 9.78 Å². The molecule has 0 atom stereocenters. The fraction of sp³-hybridized carbons (Fsp3) is 0. The third kappa shape index (κ3) is 2.19. The second kappa shape index (κ2) is 4.28. The summed E-state index contributed by atoms with van der Waals surface area (Å²) in [5, 5.41) is 11.9. The molecule has 0 spiro atoms. The minimum Gasteiger partial charge on any atom is -0.471 e. The molecule has 0 aliphatic rings. The zero-order chi connectivity index (χ0) is 8.81. The largest absolute Gasteiger partial charge is 0.566 e. The lowest BCUT2D eigenvalue weighted by molar-refractivity contribution is 0.280. The van der Waals surface area contributed by atoms with Crippen LogP contribution in [0.5, 0.6) is 0 Å². The van der Waals surface area contributed by atoms with Gasteiger partial charge in [-0.15, -0.1) is 0 Å². The SMILES string of the molecule is [N-]=[N+]=NOB(O)c1ccccc1. The molecular weight excluding hydrogens is 157 g/mol. The second-order valence-electron chi connectivity index (χ2n) is 2.04. The molecule has 0 aromatic heterocycles. The van der Waals surface area contributed by atoms with Crippen molar-refractivity contribution in [2.75, 3.05) is 0 Å². The first-order chi connectivity index (χ1) is 5.84. The summed E-state index contributed by atoms with van der Waals surface area (Å²) in [4.78, 5) is 2.34. The van der Waals surface area contributed by atoms with Crippen molar-refractivity contribution >= 4 is 12.6 Å². The molecule has 0 aliphatic carbocycles. The highest BCUT2D eigenvalue weighted by molar-refractivity contribution is 6.59. The lowest BCUT2D eigenvalue weighted by Crippen LogP contribution is -2.31. The number of benzene rings is 1. The highest BCUT2D eigenvalue weighted by Crippen LogP contribution is 1.88. The Hall–Kier alpha value is -1.65. The zero-order valence-corrected chi connectivity index (χ0v) is 6.16.